The van der Waals surface area contributed by atoms with Crippen LogP contribution in [0.4, 0.5) is 4.79 Å². The number of nitrogens with one attached hydrogen (secondary N) is 1. The molecule has 0 saturated carbocycles. The summed E-state index contributed by atoms with van der Waals surface area (Å²) in [7, 11) is -3.20. The van der Waals surface area contributed by atoms with Crippen LogP contribution < -0.4 is 11.1 Å². The van der Waals surface area contributed by atoms with Crippen molar-refractivity contribution in [2.24, 2.45) is 5.73 Å². The van der Waals surface area contributed by atoms with Crippen LogP contribution in [-0.4, -0.2) is 72.9 Å². The fourth-order valence-corrected chi connectivity index (χ4v) is 6.25. The highest BCUT2D eigenvalue weighted by molar-refractivity contribution is 7.92. The van der Waals surface area contributed by atoms with E-state index in [4.69, 9.17) is 10.5 Å². The Morgan fingerprint density at radius 2 is 2.13 bits per heavy atom. The Kier molecular flexibility index (Phi) is 5.58. The molecule has 0 bridgehead atoms. The van der Waals surface area contributed by atoms with Crippen LogP contribution in [0.15, 0.2) is 28.8 Å². The Morgan fingerprint density at radius 3 is 2.67 bits per heavy atom. The van der Waals surface area contributed by atoms with Crippen LogP contribution in [0.2, 0.25) is 0 Å². The topological polar surface area (TPSA) is 182 Å². The standard InChI is InChI=1S/C16H17N3O9S2/c1-27-16(18-10(20)5-9-3-2-4-29-9)13(23)19-11(12(21)22)8(6-28-15(17)24)7-30(25,26)14(16)19/h2-4,14H,5-7H2,1H3,(H2,17,24)(H,18,20)(H,21,22)/t14-,16+/m1/s1. The summed E-state index contributed by atoms with van der Waals surface area (Å²) < 4.78 is 35.4. The van der Waals surface area contributed by atoms with Gasteiger partial charge in [0.1, 0.15) is 12.3 Å². The summed E-state index contributed by atoms with van der Waals surface area (Å²) in [6, 6.07) is 3.41. The summed E-state index contributed by atoms with van der Waals surface area (Å²) >= 11 is 1.29. The quantitative estimate of drug-likeness (QED) is 0.332. The number of sulfone groups is 1. The molecule has 2 aliphatic heterocycles. The number of nitrogens with zero attached hydrogens (tertiary/aromatic N) is 1. The molecule has 0 radical (unpaired) electrons. The number of carbonyl (C=O) groups excluding carboxylic acids is 3. The Hall–Kier alpha value is -2.97. The molecule has 14 heteroatoms. The molecule has 1 aromatic heterocycles. The minimum atomic E-state index is -4.23. The van der Waals surface area contributed by atoms with E-state index in [-0.39, 0.29) is 12.0 Å². The van der Waals surface area contributed by atoms with Gasteiger partial charge in [0.15, 0.2) is 15.2 Å². The summed E-state index contributed by atoms with van der Waals surface area (Å²) in [6.45, 7) is -0.725. The molecule has 0 aliphatic carbocycles. The Balaban J connectivity index is 1.96. The summed E-state index contributed by atoms with van der Waals surface area (Å²) in [5, 5.41) is 11.8. The third-order valence-corrected chi connectivity index (χ3v) is 7.41. The first kappa shape index (κ1) is 21.7. The van der Waals surface area contributed by atoms with Crippen LogP contribution in [0.3, 0.4) is 0 Å². The number of β-lactam (4-membered cyclic amide) rings is 1. The summed E-state index contributed by atoms with van der Waals surface area (Å²) in [5.41, 5.74) is 1.58. The molecule has 3 amide bonds. The number of carboxylic acids is 1. The van der Waals surface area contributed by atoms with Gasteiger partial charge >= 0.3 is 12.1 Å². The predicted octanol–water partition coefficient (Wildman–Crippen LogP) is -1.22. The molecule has 2 aliphatic rings. The van der Waals surface area contributed by atoms with Crippen molar-refractivity contribution in [1.82, 2.24) is 10.2 Å². The number of methoxy groups -OCH3 is 1. The number of ether oxygens (including phenoxy) is 2. The molecular formula is C16H17N3O9S2. The third-order valence-electron chi connectivity index (χ3n) is 4.56. The molecule has 3 heterocycles. The fourth-order valence-electron chi connectivity index (χ4n) is 3.40. The third kappa shape index (κ3) is 3.53. The lowest BCUT2D eigenvalue weighted by Crippen LogP contribution is -2.84. The molecule has 4 N–H and O–H groups in total. The maximum absolute atomic E-state index is 12.9. The second-order valence-electron chi connectivity index (χ2n) is 6.44. The monoisotopic (exact) mass is 459 g/mol. The highest BCUT2D eigenvalue weighted by Crippen LogP contribution is 2.43. The average molecular weight is 459 g/mol. The number of rotatable bonds is 7. The number of fused-ring (bicyclic) bond motifs is 1. The van der Waals surface area contributed by atoms with E-state index in [0.717, 1.165) is 7.11 Å². The SMILES string of the molecule is CO[C@@]1(NC(=O)Cc2cccs2)C(=O)N2C(C(=O)O)=C(COC(N)=O)CS(=O)(=O)[C@@H]21. The zero-order chi connectivity index (χ0) is 22.3. The van der Waals surface area contributed by atoms with Crippen molar-refractivity contribution in [1.29, 1.82) is 0 Å². The molecule has 0 spiro atoms. The first-order valence-corrected chi connectivity index (χ1v) is 10.9. The smallest absolute Gasteiger partial charge is 0.404 e. The van der Waals surface area contributed by atoms with Crippen LogP contribution in [0.5, 0.6) is 0 Å². The van der Waals surface area contributed by atoms with Crippen molar-refractivity contribution in [3.05, 3.63) is 33.7 Å². The van der Waals surface area contributed by atoms with Gasteiger partial charge in [-0.1, -0.05) is 6.07 Å². The lowest BCUT2D eigenvalue weighted by atomic mass is 9.98. The molecule has 0 aromatic carbocycles. The van der Waals surface area contributed by atoms with Crippen molar-refractivity contribution in [3.8, 4) is 0 Å². The molecule has 0 unspecified atom stereocenters. The molecule has 162 valence electrons. The number of nitrogens with two attached hydrogens (primary N) is 1. The van der Waals surface area contributed by atoms with E-state index >= 15 is 0 Å². The number of hydrogen-bond donors (Lipinski definition) is 3. The molecule has 30 heavy (non-hydrogen) atoms. The van der Waals surface area contributed by atoms with E-state index in [1.54, 1.807) is 17.5 Å². The maximum atomic E-state index is 12.9. The van der Waals surface area contributed by atoms with E-state index in [1.807, 2.05) is 0 Å². The lowest BCUT2D eigenvalue weighted by Gasteiger charge is -2.55. The van der Waals surface area contributed by atoms with Crippen LogP contribution in [-0.2, 0) is 40.1 Å². The second-order valence-corrected chi connectivity index (χ2v) is 9.54. The Bertz CT molecular complexity index is 1050. The van der Waals surface area contributed by atoms with Crippen molar-refractivity contribution < 1.29 is 42.2 Å². The number of carbonyl (C=O) groups is 4. The number of primary amides is 1. The van der Waals surface area contributed by atoms with Gasteiger partial charge in [-0.05, 0) is 11.4 Å². The minimum Gasteiger partial charge on any atom is -0.477 e. The van der Waals surface area contributed by atoms with Gasteiger partial charge < -0.3 is 25.6 Å². The molecule has 1 saturated heterocycles. The zero-order valence-electron chi connectivity index (χ0n) is 15.5. The number of aliphatic carboxylic acids is 1. The lowest BCUT2D eigenvalue weighted by molar-refractivity contribution is -0.193. The van der Waals surface area contributed by atoms with E-state index in [2.05, 4.69) is 10.1 Å². The second kappa shape index (κ2) is 7.70. The van der Waals surface area contributed by atoms with Gasteiger partial charge in [0.05, 0.1) is 12.2 Å². The zero-order valence-corrected chi connectivity index (χ0v) is 17.1. The number of thiophene rings is 1. The number of carboxylic acid groups (broad SMARTS) is 1. The van der Waals surface area contributed by atoms with Gasteiger partial charge in [0, 0.05) is 17.6 Å². The average Bonchev–Trinajstić information content (AvgIpc) is 3.15. The first-order valence-electron chi connectivity index (χ1n) is 8.35. The van der Waals surface area contributed by atoms with E-state index < -0.39 is 62.9 Å². The summed E-state index contributed by atoms with van der Waals surface area (Å²) in [4.78, 5) is 49.0. The van der Waals surface area contributed by atoms with Crippen molar-refractivity contribution in [2.45, 2.75) is 17.5 Å². The van der Waals surface area contributed by atoms with Crippen LogP contribution >= 0.6 is 11.3 Å². The largest absolute Gasteiger partial charge is 0.477 e. The van der Waals surface area contributed by atoms with Crippen molar-refractivity contribution in [2.75, 3.05) is 19.5 Å². The van der Waals surface area contributed by atoms with E-state index in [1.165, 1.54) is 11.3 Å². The minimum absolute atomic E-state index is 0.123. The normalized spacial score (nSPS) is 24.6. The van der Waals surface area contributed by atoms with Gasteiger partial charge in [-0.3, -0.25) is 14.5 Å². The van der Waals surface area contributed by atoms with Gasteiger partial charge in [-0.25, -0.2) is 18.0 Å². The first-order chi connectivity index (χ1) is 14.0. The van der Waals surface area contributed by atoms with Gasteiger partial charge in [-0.2, -0.15) is 0 Å². The predicted molar refractivity (Wildman–Crippen MR) is 101 cm³/mol. The van der Waals surface area contributed by atoms with E-state index in [0.29, 0.717) is 9.78 Å². The number of amides is 3. The van der Waals surface area contributed by atoms with Crippen LogP contribution in [0.25, 0.3) is 0 Å². The fraction of sp³-hybridized carbons (Fsp3) is 0.375. The molecule has 1 fully saturated rings. The Labute approximate surface area is 174 Å². The summed E-state index contributed by atoms with van der Waals surface area (Å²) in [6.07, 6.45) is -1.36. The number of hydrogen-bond acceptors (Lipinski definition) is 9. The van der Waals surface area contributed by atoms with Gasteiger partial charge in [-0.15, -0.1) is 11.3 Å². The summed E-state index contributed by atoms with van der Waals surface area (Å²) in [5.74, 6) is -4.19. The molecule has 12 nitrogen and oxygen atoms in total. The highest BCUT2D eigenvalue weighted by Gasteiger charge is 2.71. The van der Waals surface area contributed by atoms with E-state index in [9.17, 15) is 32.7 Å². The van der Waals surface area contributed by atoms with Crippen LogP contribution in [0.1, 0.15) is 4.88 Å². The van der Waals surface area contributed by atoms with Crippen molar-refractivity contribution >= 4 is 45.1 Å². The highest BCUT2D eigenvalue weighted by atomic mass is 32.2. The van der Waals surface area contributed by atoms with Crippen LogP contribution in [0, 0.1) is 0 Å². The molecule has 3 rings (SSSR count). The van der Waals surface area contributed by atoms with Crippen molar-refractivity contribution in [3.63, 3.8) is 0 Å². The Morgan fingerprint density at radius 1 is 1.43 bits per heavy atom. The molecular weight excluding hydrogens is 442 g/mol. The molecule has 2 atom stereocenters. The molecule has 1 aromatic rings. The van der Waals surface area contributed by atoms with Gasteiger partial charge in [0.2, 0.25) is 5.91 Å². The maximum Gasteiger partial charge on any atom is 0.404 e. The van der Waals surface area contributed by atoms with Gasteiger partial charge in [0.25, 0.3) is 11.6 Å².